The highest BCUT2D eigenvalue weighted by Gasteiger charge is 2.34. The number of rotatable bonds is 9. The fourth-order valence-electron chi connectivity index (χ4n) is 4.76. The lowest BCUT2D eigenvalue weighted by molar-refractivity contribution is -0.141. The van der Waals surface area contributed by atoms with Gasteiger partial charge in [0.05, 0.1) is 5.69 Å². The van der Waals surface area contributed by atoms with E-state index in [1.807, 2.05) is 60.0 Å². The predicted octanol–water partition coefficient (Wildman–Crippen LogP) is 6.40. The molecule has 1 atom stereocenters. The standard InChI is InChI=1S/C30H28ClN3O3S/c31-25-10-5-4-9-24(25)26-20-38-30(32-26)33(18-16-21-7-2-1-3-8-21)19-22-12-14-23(15-13-22)28(35)34-17-6-11-27(34)29(36)37/h1-5,7-10,12-15,20,27H,6,11,16-19H2,(H,36,37). The number of anilines is 1. The van der Waals surface area contributed by atoms with Crippen molar-refractivity contribution < 1.29 is 14.7 Å². The number of aliphatic carboxylic acids is 1. The number of carboxylic acid groups (broad SMARTS) is 1. The van der Waals surface area contributed by atoms with Crippen molar-refractivity contribution in [2.45, 2.75) is 31.8 Å². The minimum Gasteiger partial charge on any atom is -0.480 e. The van der Waals surface area contributed by atoms with Crippen LogP contribution in [0.1, 0.15) is 34.3 Å². The van der Waals surface area contributed by atoms with Crippen molar-refractivity contribution in [3.63, 3.8) is 0 Å². The summed E-state index contributed by atoms with van der Waals surface area (Å²) in [6, 6.07) is 24.8. The average Bonchev–Trinajstić information content (AvgIpc) is 3.63. The molecule has 1 aliphatic heterocycles. The van der Waals surface area contributed by atoms with Crippen molar-refractivity contribution >= 4 is 39.9 Å². The number of nitrogens with zero attached hydrogens (tertiary/aromatic N) is 3. The lowest BCUT2D eigenvalue weighted by Gasteiger charge is -2.23. The third kappa shape index (κ3) is 5.90. The molecule has 1 fully saturated rings. The highest BCUT2D eigenvalue weighted by atomic mass is 35.5. The highest BCUT2D eigenvalue weighted by molar-refractivity contribution is 7.14. The minimum absolute atomic E-state index is 0.230. The number of hydrogen-bond donors (Lipinski definition) is 1. The van der Waals surface area contributed by atoms with E-state index in [1.54, 1.807) is 23.5 Å². The maximum absolute atomic E-state index is 13.0. The van der Waals surface area contributed by atoms with Gasteiger partial charge in [-0.1, -0.05) is 72.3 Å². The molecule has 1 amide bonds. The van der Waals surface area contributed by atoms with E-state index < -0.39 is 12.0 Å². The number of aromatic nitrogens is 1. The molecule has 0 saturated carbocycles. The van der Waals surface area contributed by atoms with E-state index >= 15 is 0 Å². The van der Waals surface area contributed by atoms with Gasteiger partial charge < -0.3 is 14.9 Å². The van der Waals surface area contributed by atoms with E-state index in [0.717, 1.165) is 34.9 Å². The van der Waals surface area contributed by atoms with Gasteiger partial charge in [-0.2, -0.15) is 0 Å². The number of hydrogen-bond acceptors (Lipinski definition) is 5. The van der Waals surface area contributed by atoms with E-state index in [0.29, 0.717) is 36.5 Å². The number of thiazole rings is 1. The molecule has 8 heteroatoms. The van der Waals surface area contributed by atoms with Gasteiger partial charge in [0, 0.05) is 41.2 Å². The molecule has 0 spiro atoms. The molecule has 0 radical (unpaired) electrons. The van der Waals surface area contributed by atoms with Crippen molar-refractivity contribution in [1.29, 1.82) is 0 Å². The van der Waals surface area contributed by atoms with Crippen LogP contribution in [0.5, 0.6) is 0 Å². The molecular weight excluding hydrogens is 518 g/mol. The van der Waals surface area contributed by atoms with Gasteiger partial charge in [-0.15, -0.1) is 11.3 Å². The van der Waals surface area contributed by atoms with Crippen LogP contribution in [0.4, 0.5) is 5.13 Å². The Morgan fingerprint density at radius 3 is 2.47 bits per heavy atom. The van der Waals surface area contributed by atoms with Gasteiger partial charge in [-0.25, -0.2) is 9.78 Å². The van der Waals surface area contributed by atoms with E-state index in [9.17, 15) is 14.7 Å². The van der Waals surface area contributed by atoms with Crippen LogP contribution in [0.15, 0.2) is 84.2 Å². The second-order valence-electron chi connectivity index (χ2n) is 9.34. The Morgan fingerprint density at radius 1 is 1.00 bits per heavy atom. The van der Waals surface area contributed by atoms with Crippen molar-refractivity contribution in [2.24, 2.45) is 0 Å². The number of likely N-dealkylation sites (tertiary alicyclic amines) is 1. The molecule has 6 nitrogen and oxygen atoms in total. The molecule has 194 valence electrons. The predicted molar refractivity (Wildman–Crippen MR) is 152 cm³/mol. The smallest absolute Gasteiger partial charge is 0.326 e. The van der Waals surface area contributed by atoms with E-state index in [4.69, 9.17) is 16.6 Å². The lowest BCUT2D eigenvalue weighted by Crippen LogP contribution is -2.40. The van der Waals surface area contributed by atoms with Gasteiger partial charge in [0.25, 0.3) is 5.91 Å². The van der Waals surface area contributed by atoms with Gasteiger partial charge in [-0.3, -0.25) is 4.79 Å². The average molecular weight is 546 g/mol. The fraction of sp³-hybridized carbons (Fsp3) is 0.233. The normalized spacial score (nSPS) is 15.0. The Bertz CT molecular complexity index is 1410. The summed E-state index contributed by atoms with van der Waals surface area (Å²) in [5, 5.41) is 13.0. The molecule has 5 rings (SSSR count). The third-order valence-corrected chi connectivity index (χ3v) is 8.03. The maximum Gasteiger partial charge on any atom is 0.326 e. The molecule has 1 aliphatic rings. The summed E-state index contributed by atoms with van der Waals surface area (Å²) < 4.78 is 0. The van der Waals surface area contributed by atoms with Crippen LogP contribution >= 0.6 is 22.9 Å². The summed E-state index contributed by atoms with van der Waals surface area (Å²) >= 11 is 8.00. The summed E-state index contributed by atoms with van der Waals surface area (Å²) in [5.74, 6) is -1.17. The summed E-state index contributed by atoms with van der Waals surface area (Å²) in [7, 11) is 0. The quantitative estimate of drug-likeness (QED) is 0.263. The molecule has 3 aromatic carbocycles. The van der Waals surface area contributed by atoms with Crippen LogP contribution in [-0.4, -0.2) is 46.0 Å². The second-order valence-corrected chi connectivity index (χ2v) is 10.6. The van der Waals surface area contributed by atoms with Crippen LogP contribution in [0.25, 0.3) is 11.3 Å². The van der Waals surface area contributed by atoms with Crippen molar-refractivity contribution in [3.8, 4) is 11.3 Å². The number of carboxylic acids is 1. The number of carbonyl (C=O) groups is 2. The zero-order chi connectivity index (χ0) is 26.5. The summed E-state index contributed by atoms with van der Waals surface area (Å²) in [5.41, 5.74) is 4.55. The molecule has 0 bridgehead atoms. The Balaban J connectivity index is 1.35. The Morgan fingerprint density at radius 2 is 1.74 bits per heavy atom. The van der Waals surface area contributed by atoms with Gasteiger partial charge in [0.15, 0.2) is 5.13 Å². The molecule has 1 N–H and O–H groups in total. The monoisotopic (exact) mass is 545 g/mol. The van der Waals surface area contributed by atoms with Crippen LogP contribution < -0.4 is 4.90 Å². The van der Waals surface area contributed by atoms with Gasteiger partial charge in [0.1, 0.15) is 6.04 Å². The first kappa shape index (κ1) is 25.9. The fourth-order valence-corrected chi connectivity index (χ4v) is 5.84. The SMILES string of the molecule is O=C(O)C1CCCN1C(=O)c1ccc(CN(CCc2ccccc2)c2nc(-c3ccccc3Cl)cs2)cc1. The van der Waals surface area contributed by atoms with Crippen LogP contribution in [-0.2, 0) is 17.8 Å². The summed E-state index contributed by atoms with van der Waals surface area (Å²) in [6.45, 7) is 1.87. The molecule has 4 aromatic rings. The lowest BCUT2D eigenvalue weighted by atomic mass is 10.1. The van der Waals surface area contributed by atoms with E-state index in [-0.39, 0.29) is 5.91 Å². The molecule has 1 unspecified atom stereocenters. The van der Waals surface area contributed by atoms with Crippen molar-refractivity contribution in [2.75, 3.05) is 18.0 Å². The van der Waals surface area contributed by atoms with Crippen LogP contribution in [0.3, 0.4) is 0 Å². The Kier molecular flexibility index (Phi) is 8.05. The van der Waals surface area contributed by atoms with Crippen LogP contribution in [0.2, 0.25) is 5.02 Å². The van der Waals surface area contributed by atoms with Crippen molar-refractivity contribution in [3.05, 3.63) is 106 Å². The molecule has 1 aromatic heterocycles. The Hall–Kier alpha value is -3.68. The first-order valence-corrected chi connectivity index (χ1v) is 13.9. The summed E-state index contributed by atoms with van der Waals surface area (Å²) in [6.07, 6.45) is 2.07. The summed E-state index contributed by atoms with van der Waals surface area (Å²) in [4.78, 5) is 33.1. The third-order valence-electron chi connectivity index (χ3n) is 6.80. The van der Waals surface area contributed by atoms with Gasteiger partial charge in [-0.05, 0) is 48.6 Å². The number of carbonyl (C=O) groups excluding carboxylic acids is 1. The van der Waals surface area contributed by atoms with Gasteiger partial charge >= 0.3 is 5.97 Å². The second kappa shape index (κ2) is 11.8. The largest absolute Gasteiger partial charge is 0.480 e. The first-order chi connectivity index (χ1) is 18.5. The topological polar surface area (TPSA) is 73.7 Å². The van der Waals surface area contributed by atoms with Crippen LogP contribution in [0, 0.1) is 0 Å². The first-order valence-electron chi connectivity index (χ1n) is 12.6. The molecule has 2 heterocycles. The van der Waals surface area contributed by atoms with Gasteiger partial charge in [0.2, 0.25) is 0 Å². The minimum atomic E-state index is -0.943. The maximum atomic E-state index is 13.0. The highest BCUT2D eigenvalue weighted by Crippen LogP contribution is 2.32. The molecular formula is C30H28ClN3O3S. The van der Waals surface area contributed by atoms with Crippen molar-refractivity contribution in [1.82, 2.24) is 9.88 Å². The van der Waals surface area contributed by atoms with E-state index in [2.05, 4.69) is 17.0 Å². The zero-order valence-corrected chi connectivity index (χ0v) is 22.4. The van der Waals surface area contributed by atoms with E-state index in [1.165, 1.54) is 10.5 Å². The number of halogens is 1. The molecule has 38 heavy (non-hydrogen) atoms. The zero-order valence-electron chi connectivity index (χ0n) is 20.8. The molecule has 1 saturated heterocycles. The molecule has 0 aliphatic carbocycles. The Labute approximate surface area is 231 Å². The number of amides is 1. The number of benzene rings is 3.